The molecule has 0 saturated carbocycles. The van der Waals surface area contributed by atoms with Crippen LogP contribution in [0.4, 0.5) is 0 Å². The van der Waals surface area contributed by atoms with Crippen molar-refractivity contribution in [2.45, 2.75) is 6.92 Å². The molecule has 2 heterocycles. The normalized spacial score (nSPS) is 11.1. The number of pyridine rings is 1. The van der Waals surface area contributed by atoms with Gasteiger partial charge in [0, 0.05) is 12.3 Å². The summed E-state index contributed by atoms with van der Waals surface area (Å²) in [5.74, 6) is -0.531. The topological polar surface area (TPSA) is 60.7 Å². The van der Waals surface area contributed by atoms with Gasteiger partial charge in [-0.1, -0.05) is 17.7 Å². The van der Waals surface area contributed by atoms with Gasteiger partial charge in [0.05, 0.1) is 12.2 Å². The summed E-state index contributed by atoms with van der Waals surface area (Å²) in [6.45, 7) is 1.97. The van der Waals surface area contributed by atoms with E-state index in [0.29, 0.717) is 5.65 Å². The second-order valence-corrected chi connectivity index (χ2v) is 3.99. The Morgan fingerprint density at radius 3 is 3.05 bits per heavy atom. The van der Waals surface area contributed by atoms with Gasteiger partial charge in [-0.25, -0.2) is 9.78 Å². The van der Waals surface area contributed by atoms with Crippen LogP contribution in [0.15, 0.2) is 35.3 Å². The van der Waals surface area contributed by atoms with Gasteiger partial charge in [0.2, 0.25) is 0 Å². The van der Waals surface area contributed by atoms with Gasteiger partial charge >= 0.3 is 5.97 Å². The predicted molar refractivity (Wildman–Crippen MR) is 72.1 cm³/mol. The Kier molecular flexibility index (Phi) is 3.97. The minimum atomic E-state index is -0.531. The van der Waals surface area contributed by atoms with Crippen molar-refractivity contribution in [1.29, 1.82) is 0 Å². The molecule has 0 atom stereocenters. The van der Waals surface area contributed by atoms with Gasteiger partial charge in [0.1, 0.15) is 10.8 Å². The van der Waals surface area contributed by atoms with E-state index in [1.54, 1.807) is 31.3 Å². The molecule has 2 rings (SSSR count). The van der Waals surface area contributed by atoms with Crippen LogP contribution < -0.4 is 5.56 Å². The van der Waals surface area contributed by atoms with Crippen LogP contribution in [-0.4, -0.2) is 22.0 Å². The van der Waals surface area contributed by atoms with Crippen molar-refractivity contribution in [2.24, 2.45) is 0 Å². The van der Waals surface area contributed by atoms with Gasteiger partial charge in [-0.3, -0.25) is 9.20 Å². The van der Waals surface area contributed by atoms with E-state index in [2.05, 4.69) is 4.98 Å². The first-order valence-corrected chi connectivity index (χ1v) is 6.03. The molecule has 5 nitrogen and oxygen atoms in total. The Morgan fingerprint density at radius 1 is 1.53 bits per heavy atom. The van der Waals surface area contributed by atoms with Crippen molar-refractivity contribution in [3.63, 3.8) is 0 Å². The van der Waals surface area contributed by atoms with Crippen molar-refractivity contribution in [2.75, 3.05) is 6.61 Å². The van der Waals surface area contributed by atoms with Crippen LogP contribution in [0.3, 0.4) is 0 Å². The fraction of sp³-hybridized carbons (Fsp3) is 0.154. The molecule has 98 valence electrons. The van der Waals surface area contributed by atoms with Crippen molar-refractivity contribution < 1.29 is 9.53 Å². The summed E-state index contributed by atoms with van der Waals surface area (Å²) >= 11 is 5.94. The van der Waals surface area contributed by atoms with Crippen molar-refractivity contribution in [3.8, 4) is 0 Å². The highest BCUT2D eigenvalue weighted by Crippen LogP contribution is 2.12. The van der Waals surface area contributed by atoms with Crippen molar-refractivity contribution >= 4 is 29.3 Å². The highest BCUT2D eigenvalue weighted by molar-refractivity contribution is 6.31. The predicted octanol–water partition coefficient (Wildman–Crippen LogP) is 1.92. The molecule has 0 aliphatic rings. The fourth-order valence-electron chi connectivity index (χ4n) is 1.56. The van der Waals surface area contributed by atoms with Gasteiger partial charge in [-0.05, 0) is 25.1 Å². The molecule has 0 aliphatic carbocycles. The summed E-state index contributed by atoms with van der Waals surface area (Å²) in [5.41, 5.74) is 0.264. The molecule has 2 aromatic rings. The lowest BCUT2D eigenvalue weighted by Gasteiger charge is -2.02. The SMILES string of the molecule is CCOC(=O)/C=C/c1c(Cl)nc2ccccn2c1=O. The summed E-state index contributed by atoms with van der Waals surface area (Å²) in [7, 11) is 0. The number of nitrogens with zero attached hydrogens (tertiary/aromatic N) is 2. The van der Waals surface area contributed by atoms with Gasteiger partial charge in [0.25, 0.3) is 5.56 Å². The highest BCUT2D eigenvalue weighted by atomic mass is 35.5. The van der Waals surface area contributed by atoms with E-state index in [9.17, 15) is 9.59 Å². The standard InChI is InChI=1S/C13H11ClN2O3/c1-2-19-11(17)7-6-9-12(14)15-10-5-3-4-8-16(10)13(9)18/h3-8H,2H2,1H3/b7-6+. The highest BCUT2D eigenvalue weighted by Gasteiger charge is 2.08. The van der Waals surface area contributed by atoms with Crippen LogP contribution in [0.5, 0.6) is 0 Å². The zero-order valence-electron chi connectivity index (χ0n) is 10.2. The van der Waals surface area contributed by atoms with Crippen LogP contribution in [0.1, 0.15) is 12.5 Å². The molecule has 0 spiro atoms. The Morgan fingerprint density at radius 2 is 2.32 bits per heavy atom. The summed E-state index contributed by atoms with van der Waals surface area (Å²) in [6.07, 6.45) is 4.06. The molecular formula is C13H11ClN2O3. The molecule has 0 N–H and O–H groups in total. The molecule has 6 heteroatoms. The zero-order chi connectivity index (χ0) is 13.8. The second-order valence-electron chi connectivity index (χ2n) is 3.64. The van der Waals surface area contributed by atoms with Gasteiger partial charge < -0.3 is 4.74 Å². The van der Waals surface area contributed by atoms with E-state index in [0.717, 1.165) is 6.08 Å². The second kappa shape index (κ2) is 5.67. The molecule has 0 aromatic carbocycles. The largest absolute Gasteiger partial charge is 0.463 e. The number of hydrogen-bond donors (Lipinski definition) is 0. The summed E-state index contributed by atoms with van der Waals surface area (Å²) in [6, 6.07) is 5.14. The first-order chi connectivity index (χ1) is 9.13. The molecule has 0 fully saturated rings. The van der Waals surface area contributed by atoms with Crippen LogP contribution >= 0.6 is 11.6 Å². The minimum absolute atomic E-state index is 0.0525. The van der Waals surface area contributed by atoms with Crippen LogP contribution in [-0.2, 0) is 9.53 Å². The summed E-state index contributed by atoms with van der Waals surface area (Å²) in [5, 5.41) is 0.0525. The molecule has 0 radical (unpaired) electrons. The number of rotatable bonds is 3. The Bertz CT molecular complexity index is 707. The lowest BCUT2D eigenvalue weighted by molar-refractivity contribution is -0.137. The maximum atomic E-state index is 12.2. The Hall–Kier alpha value is -2.14. The minimum Gasteiger partial charge on any atom is -0.463 e. The third-order valence-electron chi connectivity index (χ3n) is 2.40. The lowest BCUT2D eigenvalue weighted by Crippen LogP contribution is -2.18. The molecule has 0 saturated heterocycles. The zero-order valence-corrected chi connectivity index (χ0v) is 10.9. The maximum absolute atomic E-state index is 12.2. The van der Waals surface area contributed by atoms with Crippen molar-refractivity contribution in [3.05, 3.63) is 51.5 Å². The number of hydrogen-bond acceptors (Lipinski definition) is 4. The van der Waals surface area contributed by atoms with E-state index in [1.165, 1.54) is 10.5 Å². The van der Waals surface area contributed by atoms with E-state index < -0.39 is 5.97 Å². The smallest absolute Gasteiger partial charge is 0.330 e. The van der Waals surface area contributed by atoms with E-state index in [1.807, 2.05) is 0 Å². The Labute approximate surface area is 114 Å². The monoisotopic (exact) mass is 278 g/mol. The number of carbonyl (C=O) groups is 1. The van der Waals surface area contributed by atoms with E-state index >= 15 is 0 Å². The molecule has 0 unspecified atom stereocenters. The van der Waals surface area contributed by atoms with Crippen LogP contribution in [0.25, 0.3) is 11.7 Å². The molecule has 0 amide bonds. The summed E-state index contributed by atoms with van der Waals surface area (Å²) < 4.78 is 6.09. The summed E-state index contributed by atoms with van der Waals surface area (Å²) in [4.78, 5) is 27.5. The molecule has 19 heavy (non-hydrogen) atoms. The molecule has 0 aliphatic heterocycles. The number of aromatic nitrogens is 2. The van der Waals surface area contributed by atoms with Gasteiger partial charge in [-0.2, -0.15) is 0 Å². The van der Waals surface area contributed by atoms with Crippen LogP contribution in [0.2, 0.25) is 5.15 Å². The first kappa shape index (κ1) is 13.3. The van der Waals surface area contributed by atoms with E-state index in [-0.39, 0.29) is 22.9 Å². The van der Waals surface area contributed by atoms with Gasteiger partial charge in [0.15, 0.2) is 0 Å². The number of fused-ring (bicyclic) bond motifs is 1. The average molecular weight is 279 g/mol. The van der Waals surface area contributed by atoms with Crippen LogP contribution in [0, 0.1) is 0 Å². The number of carbonyl (C=O) groups excluding carboxylic acids is 1. The number of ether oxygens (including phenoxy) is 1. The average Bonchev–Trinajstić information content (AvgIpc) is 2.39. The quantitative estimate of drug-likeness (QED) is 0.489. The Balaban J connectivity index is 2.49. The third-order valence-corrected chi connectivity index (χ3v) is 2.68. The number of esters is 1. The molecule has 0 bridgehead atoms. The number of halogens is 1. The van der Waals surface area contributed by atoms with E-state index in [4.69, 9.17) is 16.3 Å². The molecule has 2 aromatic heterocycles. The van der Waals surface area contributed by atoms with Crippen molar-refractivity contribution in [1.82, 2.24) is 9.38 Å². The maximum Gasteiger partial charge on any atom is 0.330 e. The van der Waals surface area contributed by atoms with Gasteiger partial charge in [-0.15, -0.1) is 0 Å². The third kappa shape index (κ3) is 2.82. The fourth-order valence-corrected chi connectivity index (χ4v) is 1.79. The lowest BCUT2D eigenvalue weighted by atomic mass is 10.3. The first-order valence-electron chi connectivity index (χ1n) is 5.65. The molecular weight excluding hydrogens is 268 g/mol.